The second-order valence-corrected chi connectivity index (χ2v) is 8.04. The van der Waals surface area contributed by atoms with Gasteiger partial charge in [-0.05, 0) is 18.6 Å². The lowest BCUT2D eigenvalue weighted by molar-refractivity contribution is 0.0690. The molecule has 0 fully saturated rings. The molecule has 1 aromatic heterocycles. The Hall–Kier alpha value is -1.92. The van der Waals surface area contributed by atoms with Crippen molar-refractivity contribution in [2.75, 3.05) is 13.2 Å². The number of benzene rings is 1. The summed E-state index contributed by atoms with van der Waals surface area (Å²) in [5.41, 5.74) is 2.72. The summed E-state index contributed by atoms with van der Waals surface area (Å²) in [4.78, 5) is 15.9. The zero-order valence-corrected chi connectivity index (χ0v) is 15.0. The Morgan fingerprint density at radius 1 is 1.46 bits per heavy atom. The number of nitrogens with one attached hydrogen (secondary N) is 1. The lowest BCUT2D eigenvalue weighted by Crippen LogP contribution is -2.18. The molecular formula is C18H22N2O3S. The van der Waals surface area contributed by atoms with Crippen LogP contribution in [0.5, 0.6) is 5.75 Å². The predicted octanol–water partition coefficient (Wildman–Crippen LogP) is 3.15. The van der Waals surface area contributed by atoms with Gasteiger partial charge in [0.25, 0.3) is 0 Å². The van der Waals surface area contributed by atoms with Crippen LogP contribution >= 0.6 is 11.3 Å². The summed E-state index contributed by atoms with van der Waals surface area (Å²) in [6.45, 7) is 8.43. The van der Waals surface area contributed by atoms with Gasteiger partial charge in [-0.25, -0.2) is 9.78 Å². The van der Waals surface area contributed by atoms with Crippen LogP contribution in [-0.2, 0) is 18.4 Å². The van der Waals surface area contributed by atoms with Crippen LogP contribution in [0, 0.1) is 6.92 Å². The smallest absolute Gasteiger partial charge is 0.355 e. The number of carboxylic acids is 1. The summed E-state index contributed by atoms with van der Waals surface area (Å²) >= 11 is 1.45. The Bertz CT molecular complexity index is 768. The van der Waals surface area contributed by atoms with Crippen molar-refractivity contribution in [3.05, 3.63) is 44.9 Å². The molecule has 1 aliphatic heterocycles. The molecule has 2 aromatic rings. The molecule has 3 rings (SSSR count). The molecule has 2 N–H and O–H groups in total. The van der Waals surface area contributed by atoms with E-state index in [4.69, 9.17) is 9.84 Å². The summed E-state index contributed by atoms with van der Waals surface area (Å²) in [6, 6.07) is 6.40. The van der Waals surface area contributed by atoms with E-state index in [0.717, 1.165) is 41.8 Å². The van der Waals surface area contributed by atoms with Crippen LogP contribution in [0.15, 0.2) is 18.2 Å². The molecule has 128 valence electrons. The van der Waals surface area contributed by atoms with Gasteiger partial charge < -0.3 is 15.2 Å². The molecule has 0 aliphatic carbocycles. The van der Waals surface area contributed by atoms with Gasteiger partial charge in [0.15, 0.2) is 5.69 Å². The van der Waals surface area contributed by atoms with E-state index in [1.165, 1.54) is 22.5 Å². The van der Waals surface area contributed by atoms with Crippen LogP contribution in [0.4, 0.5) is 0 Å². The SMILES string of the molecule is Cc1sc(CCNCc2ccc3c(c2)OCC3(C)C)nc1C(=O)O. The van der Waals surface area contributed by atoms with Gasteiger partial charge >= 0.3 is 5.97 Å². The van der Waals surface area contributed by atoms with Crippen molar-refractivity contribution in [1.82, 2.24) is 10.3 Å². The molecule has 2 heterocycles. The summed E-state index contributed by atoms with van der Waals surface area (Å²) in [5.74, 6) is 0.0324. The zero-order chi connectivity index (χ0) is 17.3. The van der Waals surface area contributed by atoms with Crippen molar-refractivity contribution >= 4 is 17.3 Å². The molecule has 5 nitrogen and oxygen atoms in total. The highest BCUT2D eigenvalue weighted by Gasteiger charge is 2.31. The Balaban J connectivity index is 1.52. The Labute approximate surface area is 145 Å². The molecule has 24 heavy (non-hydrogen) atoms. The second kappa shape index (κ2) is 6.53. The topological polar surface area (TPSA) is 71.5 Å². The number of thiazole rings is 1. The van der Waals surface area contributed by atoms with Gasteiger partial charge in [0.1, 0.15) is 5.75 Å². The van der Waals surface area contributed by atoms with Crippen LogP contribution in [0.1, 0.15) is 45.3 Å². The molecular weight excluding hydrogens is 324 g/mol. The van der Waals surface area contributed by atoms with Crippen molar-refractivity contribution < 1.29 is 14.6 Å². The molecule has 0 amide bonds. The number of aromatic nitrogens is 1. The third kappa shape index (κ3) is 3.44. The van der Waals surface area contributed by atoms with Crippen molar-refractivity contribution in [3.8, 4) is 5.75 Å². The maximum absolute atomic E-state index is 11.0. The molecule has 0 atom stereocenters. The van der Waals surface area contributed by atoms with E-state index in [-0.39, 0.29) is 11.1 Å². The average Bonchev–Trinajstić information content (AvgIpc) is 3.04. The summed E-state index contributed by atoms with van der Waals surface area (Å²) in [5, 5.41) is 13.3. The molecule has 0 unspecified atom stereocenters. The molecule has 0 spiro atoms. The van der Waals surface area contributed by atoms with Gasteiger partial charge in [0, 0.05) is 35.4 Å². The highest BCUT2D eigenvalue weighted by molar-refractivity contribution is 7.11. The molecule has 1 aliphatic rings. The largest absolute Gasteiger partial charge is 0.492 e. The van der Waals surface area contributed by atoms with Crippen LogP contribution < -0.4 is 10.1 Å². The maximum atomic E-state index is 11.0. The lowest BCUT2D eigenvalue weighted by atomic mass is 9.86. The van der Waals surface area contributed by atoms with Gasteiger partial charge in [0.05, 0.1) is 11.6 Å². The van der Waals surface area contributed by atoms with Crippen molar-refractivity contribution in [2.45, 2.75) is 39.2 Å². The van der Waals surface area contributed by atoms with Crippen molar-refractivity contribution in [3.63, 3.8) is 0 Å². The minimum atomic E-state index is -0.955. The van der Waals surface area contributed by atoms with Gasteiger partial charge in [-0.15, -0.1) is 11.3 Å². The number of hydrogen-bond acceptors (Lipinski definition) is 5. The molecule has 6 heteroatoms. The highest BCUT2D eigenvalue weighted by atomic mass is 32.1. The normalized spacial score (nSPS) is 15.1. The molecule has 1 aromatic carbocycles. The van der Waals surface area contributed by atoms with Gasteiger partial charge in [-0.3, -0.25) is 0 Å². The van der Waals surface area contributed by atoms with Gasteiger partial charge in [-0.1, -0.05) is 26.0 Å². The second-order valence-electron chi connectivity index (χ2n) is 6.75. The minimum absolute atomic E-state index is 0.0891. The average molecular weight is 346 g/mol. The number of carboxylic acid groups (broad SMARTS) is 1. The number of aromatic carboxylic acids is 1. The fraction of sp³-hybridized carbons (Fsp3) is 0.444. The predicted molar refractivity (Wildman–Crippen MR) is 94.2 cm³/mol. The first-order valence-corrected chi connectivity index (χ1v) is 8.85. The number of carbonyl (C=O) groups is 1. The van der Waals surface area contributed by atoms with Crippen molar-refractivity contribution in [1.29, 1.82) is 0 Å². The first kappa shape index (κ1) is 16.9. The number of rotatable bonds is 6. The molecule has 0 saturated heterocycles. The Kier molecular flexibility index (Phi) is 4.60. The fourth-order valence-electron chi connectivity index (χ4n) is 2.88. The van der Waals surface area contributed by atoms with E-state index in [1.54, 1.807) is 6.92 Å². The van der Waals surface area contributed by atoms with Gasteiger partial charge in [-0.2, -0.15) is 0 Å². The van der Waals surface area contributed by atoms with E-state index in [1.807, 2.05) is 0 Å². The van der Waals surface area contributed by atoms with Crippen LogP contribution in [0.2, 0.25) is 0 Å². The maximum Gasteiger partial charge on any atom is 0.355 e. The van der Waals surface area contributed by atoms with Crippen LogP contribution in [-0.4, -0.2) is 29.2 Å². The third-order valence-electron chi connectivity index (χ3n) is 4.25. The first-order valence-electron chi connectivity index (χ1n) is 8.03. The van der Waals surface area contributed by atoms with E-state index < -0.39 is 5.97 Å². The van der Waals surface area contributed by atoms with E-state index in [2.05, 4.69) is 42.3 Å². The molecule has 0 saturated carbocycles. The molecule has 0 radical (unpaired) electrons. The van der Waals surface area contributed by atoms with Crippen LogP contribution in [0.25, 0.3) is 0 Å². The number of fused-ring (bicyclic) bond motifs is 1. The minimum Gasteiger partial charge on any atom is -0.492 e. The number of ether oxygens (including phenoxy) is 1. The number of nitrogens with zero attached hydrogens (tertiary/aromatic N) is 1. The highest BCUT2D eigenvalue weighted by Crippen LogP contribution is 2.38. The Morgan fingerprint density at radius 2 is 2.25 bits per heavy atom. The standard InChI is InChI=1S/C18H22N2O3S/c1-11-16(17(21)22)20-15(24-11)6-7-19-9-12-4-5-13-14(8-12)23-10-18(13,2)3/h4-5,8,19H,6-7,9-10H2,1-3H3,(H,21,22). The summed E-state index contributed by atoms with van der Waals surface area (Å²) in [7, 11) is 0. The van der Waals surface area contributed by atoms with E-state index in [0.29, 0.717) is 0 Å². The lowest BCUT2D eigenvalue weighted by Gasteiger charge is -2.15. The number of aryl methyl sites for hydroxylation is 1. The number of hydrogen-bond donors (Lipinski definition) is 2. The molecule has 0 bridgehead atoms. The quantitative estimate of drug-likeness (QED) is 0.786. The van der Waals surface area contributed by atoms with Crippen molar-refractivity contribution in [2.24, 2.45) is 0 Å². The van der Waals surface area contributed by atoms with E-state index in [9.17, 15) is 4.79 Å². The van der Waals surface area contributed by atoms with Gasteiger partial charge in [0.2, 0.25) is 0 Å². The fourth-order valence-corrected chi connectivity index (χ4v) is 3.80. The summed E-state index contributed by atoms with van der Waals surface area (Å²) < 4.78 is 5.78. The third-order valence-corrected chi connectivity index (χ3v) is 5.28. The Morgan fingerprint density at radius 3 is 2.96 bits per heavy atom. The zero-order valence-electron chi connectivity index (χ0n) is 14.2. The first-order chi connectivity index (χ1) is 11.4. The monoisotopic (exact) mass is 346 g/mol. The van der Waals surface area contributed by atoms with E-state index >= 15 is 0 Å². The summed E-state index contributed by atoms with van der Waals surface area (Å²) in [6.07, 6.45) is 0.729. The van der Waals surface area contributed by atoms with Crippen LogP contribution in [0.3, 0.4) is 0 Å².